The van der Waals surface area contributed by atoms with Gasteiger partial charge in [0, 0.05) is 24.0 Å². The Labute approximate surface area is 142 Å². The fourth-order valence-electron chi connectivity index (χ4n) is 2.23. The summed E-state index contributed by atoms with van der Waals surface area (Å²) in [7, 11) is 0. The number of phenolic OH excluding ortho intramolecular Hbond substituents is 2. The molecule has 0 saturated heterocycles. The fourth-order valence-corrected chi connectivity index (χ4v) is 2.23. The molecule has 0 amide bonds. The van der Waals surface area contributed by atoms with Gasteiger partial charge in [0.15, 0.2) is 5.75 Å². The zero-order chi connectivity index (χ0) is 19.1. The van der Waals surface area contributed by atoms with E-state index in [0.29, 0.717) is 0 Å². The van der Waals surface area contributed by atoms with E-state index in [1.54, 1.807) is 0 Å². The van der Waals surface area contributed by atoms with Crippen LogP contribution in [0.2, 0.25) is 0 Å². The first-order chi connectivity index (χ1) is 12.2. The highest BCUT2D eigenvalue weighted by molar-refractivity contribution is 5.71. The number of alkyl halides is 3. The highest BCUT2D eigenvalue weighted by Gasteiger charge is 2.35. The van der Waals surface area contributed by atoms with Crippen molar-refractivity contribution in [2.45, 2.75) is 6.18 Å². The molecule has 26 heavy (non-hydrogen) atoms. The number of hydrogen-bond donors (Lipinski definition) is 2. The van der Waals surface area contributed by atoms with Crippen molar-refractivity contribution in [1.82, 2.24) is 9.97 Å². The summed E-state index contributed by atoms with van der Waals surface area (Å²) in [6.45, 7) is 0. The molecule has 2 N–H and O–H groups in total. The molecule has 0 saturated carbocycles. The largest absolute Gasteiger partial charge is 0.504 e. The zero-order valence-electron chi connectivity index (χ0n) is 12.6. The van der Waals surface area contributed by atoms with Crippen LogP contribution in [-0.2, 0) is 6.18 Å². The van der Waals surface area contributed by atoms with Crippen molar-refractivity contribution in [3.05, 3.63) is 52.5 Å². The Balaban J connectivity index is 2.09. The molecule has 8 nitrogen and oxygen atoms in total. The molecule has 2 heterocycles. The number of rotatable bonds is 3. The lowest BCUT2D eigenvalue weighted by atomic mass is 10.1. The van der Waals surface area contributed by atoms with Gasteiger partial charge in [0.05, 0.1) is 16.1 Å². The number of aromatic nitrogens is 2. The number of hydrogen-bond acceptors (Lipinski definition) is 7. The van der Waals surface area contributed by atoms with Crippen LogP contribution in [0.25, 0.3) is 22.7 Å². The summed E-state index contributed by atoms with van der Waals surface area (Å²) in [5, 5.41) is 30.0. The molecular formula is C15H8F3N3O5. The third-order valence-electron chi connectivity index (χ3n) is 3.42. The third-order valence-corrected chi connectivity index (χ3v) is 3.42. The minimum Gasteiger partial charge on any atom is -0.504 e. The van der Waals surface area contributed by atoms with Gasteiger partial charge >= 0.3 is 11.9 Å². The average Bonchev–Trinajstić information content (AvgIpc) is 3.06. The molecule has 0 aliphatic rings. The quantitative estimate of drug-likeness (QED) is 0.411. The first kappa shape index (κ1) is 17.2. The van der Waals surface area contributed by atoms with Crippen LogP contribution in [0.15, 0.2) is 41.3 Å². The predicted octanol–water partition coefficient (Wildman–Crippen LogP) is 3.74. The van der Waals surface area contributed by atoms with Crippen molar-refractivity contribution in [1.29, 1.82) is 0 Å². The van der Waals surface area contributed by atoms with Crippen LogP contribution >= 0.6 is 0 Å². The van der Waals surface area contributed by atoms with Crippen molar-refractivity contribution < 1.29 is 32.7 Å². The second-order valence-corrected chi connectivity index (χ2v) is 5.08. The topological polar surface area (TPSA) is 123 Å². The van der Waals surface area contributed by atoms with E-state index < -0.39 is 45.3 Å². The minimum atomic E-state index is -4.66. The number of oxazole rings is 1. The molecule has 2 aromatic heterocycles. The predicted molar refractivity (Wildman–Crippen MR) is 80.2 cm³/mol. The summed E-state index contributed by atoms with van der Waals surface area (Å²) >= 11 is 0. The van der Waals surface area contributed by atoms with Crippen LogP contribution < -0.4 is 0 Å². The number of phenols is 2. The number of halogens is 3. The number of nitro groups is 1. The van der Waals surface area contributed by atoms with Gasteiger partial charge in [-0.15, -0.1) is 0 Å². The summed E-state index contributed by atoms with van der Waals surface area (Å²) in [6, 6.07) is 2.64. The number of nitrogens with zero attached hydrogens (tertiary/aromatic N) is 3. The number of aromatic hydroxyl groups is 2. The van der Waals surface area contributed by atoms with Gasteiger partial charge in [-0.2, -0.15) is 13.2 Å². The first-order valence-corrected chi connectivity index (χ1v) is 6.86. The third kappa shape index (κ3) is 3.01. The molecule has 3 aromatic rings. The first-order valence-electron chi connectivity index (χ1n) is 6.86. The molecular weight excluding hydrogens is 359 g/mol. The molecule has 0 radical (unpaired) electrons. The van der Waals surface area contributed by atoms with E-state index in [2.05, 4.69) is 9.97 Å². The zero-order valence-corrected chi connectivity index (χ0v) is 12.6. The van der Waals surface area contributed by atoms with Crippen LogP contribution in [0.5, 0.6) is 11.5 Å². The molecule has 0 atom stereocenters. The average molecular weight is 367 g/mol. The van der Waals surface area contributed by atoms with Gasteiger partial charge < -0.3 is 14.6 Å². The van der Waals surface area contributed by atoms with E-state index in [9.17, 15) is 33.5 Å². The summed E-state index contributed by atoms with van der Waals surface area (Å²) in [5.74, 6) is -2.12. The van der Waals surface area contributed by atoms with E-state index in [0.717, 1.165) is 36.9 Å². The molecule has 0 aliphatic carbocycles. The fraction of sp³-hybridized carbons (Fsp3) is 0.0667. The lowest BCUT2D eigenvalue weighted by Crippen LogP contribution is -2.07. The summed E-state index contributed by atoms with van der Waals surface area (Å²) in [5.41, 5.74) is -2.32. The Morgan fingerprint density at radius 2 is 1.96 bits per heavy atom. The van der Waals surface area contributed by atoms with E-state index in [1.807, 2.05) is 0 Å². The standard InChI is InChI=1S/C15H8F3N3O5/c16-15(17,18)9-1-2-19-5-8(9)14-20-10(6-26-14)7-3-11(21(24)25)13(23)12(22)4-7/h1-6,22-23H. The molecule has 0 fully saturated rings. The van der Waals surface area contributed by atoms with Crippen molar-refractivity contribution in [3.8, 4) is 34.2 Å². The van der Waals surface area contributed by atoms with E-state index in [1.165, 1.54) is 0 Å². The van der Waals surface area contributed by atoms with Gasteiger partial charge in [-0.1, -0.05) is 0 Å². The second kappa shape index (κ2) is 6.02. The van der Waals surface area contributed by atoms with Crippen LogP contribution in [0.3, 0.4) is 0 Å². The normalized spacial score (nSPS) is 11.5. The van der Waals surface area contributed by atoms with Gasteiger partial charge in [-0.25, -0.2) is 4.98 Å². The van der Waals surface area contributed by atoms with Gasteiger partial charge in [-0.05, 0) is 12.1 Å². The van der Waals surface area contributed by atoms with Crippen LogP contribution in [-0.4, -0.2) is 25.1 Å². The molecule has 0 spiro atoms. The molecule has 0 aliphatic heterocycles. The smallest absolute Gasteiger partial charge is 0.417 e. The highest BCUT2D eigenvalue weighted by atomic mass is 19.4. The van der Waals surface area contributed by atoms with Gasteiger partial charge in [-0.3, -0.25) is 15.1 Å². The van der Waals surface area contributed by atoms with Gasteiger partial charge in [0.2, 0.25) is 11.6 Å². The lowest BCUT2D eigenvalue weighted by molar-refractivity contribution is -0.385. The van der Waals surface area contributed by atoms with Crippen molar-refractivity contribution >= 4 is 5.69 Å². The monoisotopic (exact) mass is 367 g/mol. The SMILES string of the molecule is O=[N+]([O-])c1cc(-c2coc(-c3cnccc3C(F)(F)F)n2)cc(O)c1O. The Morgan fingerprint density at radius 3 is 2.62 bits per heavy atom. The molecule has 0 bridgehead atoms. The Bertz CT molecular complexity index is 1000. The van der Waals surface area contributed by atoms with E-state index in [4.69, 9.17) is 4.42 Å². The minimum absolute atomic E-state index is 0.0283. The van der Waals surface area contributed by atoms with E-state index in [-0.39, 0.29) is 11.3 Å². The maximum atomic E-state index is 13.1. The Morgan fingerprint density at radius 1 is 1.23 bits per heavy atom. The Kier molecular flexibility index (Phi) is 3.98. The number of nitro benzene ring substituents is 1. The van der Waals surface area contributed by atoms with Crippen LogP contribution in [0.4, 0.5) is 18.9 Å². The maximum absolute atomic E-state index is 13.1. The summed E-state index contributed by atoms with van der Waals surface area (Å²) < 4.78 is 44.3. The van der Waals surface area contributed by atoms with Crippen molar-refractivity contribution in [3.63, 3.8) is 0 Å². The number of benzene rings is 1. The van der Waals surface area contributed by atoms with Crippen molar-refractivity contribution in [2.24, 2.45) is 0 Å². The second-order valence-electron chi connectivity index (χ2n) is 5.08. The van der Waals surface area contributed by atoms with Gasteiger partial charge in [0.25, 0.3) is 0 Å². The van der Waals surface area contributed by atoms with Crippen molar-refractivity contribution in [2.75, 3.05) is 0 Å². The molecule has 11 heteroatoms. The summed E-state index contributed by atoms with van der Waals surface area (Å²) in [4.78, 5) is 17.5. The van der Waals surface area contributed by atoms with E-state index >= 15 is 0 Å². The van der Waals surface area contributed by atoms with Crippen LogP contribution in [0.1, 0.15) is 5.56 Å². The molecule has 0 unspecified atom stereocenters. The Hall–Kier alpha value is -3.63. The molecule has 1 aromatic carbocycles. The van der Waals surface area contributed by atoms with Gasteiger partial charge in [0.1, 0.15) is 12.0 Å². The molecule has 134 valence electrons. The van der Waals surface area contributed by atoms with Crippen LogP contribution in [0, 0.1) is 10.1 Å². The number of pyridine rings is 1. The highest BCUT2D eigenvalue weighted by Crippen LogP contribution is 2.40. The lowest BCUT2D eigenvalue weighted by Gasteiger charge is -2.09. The molecule has 3 rings (SSSR count). The summed E-state index contributed by atoms with van der Waals surface area (Å²) in [6.07, 6.45) is -1.80. The maximum Gasteiger partial charge on any atom is 0.417 e.